The highest BCUT2D eigenvalue weighted by Gasteiger charge is 2.19. The molecule has 1 unspecified atom stereocenters. The van der Waals surface area contributed by atoms with Crippen molar-refractivity contribution in [3.63, 3.8) is 0 Å². The van der Waals surface area contributed by atoms with Gasteiger partial charge in [-0.1, -0.05) is 6.07 Å². The number of phenols is 1. The number of hydrogen-bond acceptors (Lipinski definition) is 3. The van der Waals surface area contributed by atoms with Crippen molar-refractivity contribution in [1.29, 1.82) is 0 Å². The van der Waals surface area contributed by atoms with Gasteiger partial charge in [-0.15, -0.1) is 0 Å². The van der Waals surface area contributed by atoms with Crippen molar-refractivity contribution < 1.29 is 19.4 Å². The molecule has 0 amide bonds. The standard InChI is InChI=1S/C10H12FNO3/c1-5-2-3-7(13)9(10(5)11)6(12)4-8(14)15/h2-3,6,13H,4,12H2,1H3,(H,14,15). The molecule has 1 aromatic carbocycles. The van der Waals surface area contributed by atoms with Crippen LogP contribution in [0.15, 0.2) is 12.1 Å². The summed E-state index contributed by atoms with van der Waals surface area (Å²) in [6, 6.07) is 1.67. The number of halogens is 1. The van der Waals surface area contributed by atoms with Gasteiger partial charge in [-0.25, -0.2) is 4.39 Å². The van der Waals surface area contributed by atoms with E-state index in [-0.39, 0.29) is 11.3 Å². The number of carboxylic acid groups (broad SMARTS) is 1. The Labute approximate surface area is 86.1 Å². The molecule has 15 heavy (non-hydrogen) atoms. The monoisotopic (exact) mass is 213 g/mol. The summed E-state index contributed by atoms with van der Waals surface area (Å²) in [6.07, 6.45) is -0.423. The number of hydrogen-bond donors (Lipinski definition) is 3. The summed E-state index contributed by atoms with van der Waals surface area (Å²) >= 11 is 0. The van der Waals surface area contributed by atoms with E-state index in [1.54, 1.807) is 0 Å². The van der Waals surface area contributed by atoms with Crippen molar-refractivity contribution in [1.82, 2.24) is 0 Å². The molecular weight excluding hydrogens is 201 g/mol. The molecule has 1 rings (SSSR count). The minimum absolute atomic E-state index is 0.141. The number of carbonyl (C=O) groups is 1. The Morgan fingerprint density at radius 2 is 2.20 bits per heavy atom. The van der Waals surface area contributed by atoms with E-state index in [4.69, 9.17) is 10.8 Å². The van der Waals surface area contributed by atoms with Gasteiger partial charge < -0.3 is 15.9 Å². The van der Waals surface area contributed by atoms with Crippen LogP contribution in [0, 0.1) is 12.7 Å². The second-order valence-electron chi connectivity index (χ2n) is 3.33. The molecule has 1 aromatic rings. The van der Waals surface area contributed by atoms with E-state index in [1.165, 1.54) is 19.1 Å². The van der Waals surface area contributed by atoms with Crippen molar-refractivity contribution in [2.45, 2.75) is 19.4 Å². The zero-order valence-corrected chi connectivity index (χ0v) is 8.20. The van der Waals surface area contributed by atoms with Crippen LogP contribution in [0.1, 0.15) is 23.6 Å². The molecule has 4 N–H and O–H groups in total. The highest BCUT2D eigenvalue weighted by atomic mass is 19.1. The SMILES string of the molecule is Cc1ccc(O)c(C(N)CC(=O)O)c1F. The topological polar surface area (TPSA) is 83.5 Å². The van der Waals surface area contributed by atoms with Crippen molar-refractivity contribution in [2.24, 2.45) is 5.73 Å². The van der Waals surface area contributed by atoms with E-state index in [2.05, 4.69) is 0 Å². The molecule has 0 heterocycles. The molecule has 0 fully saturated rings. The Morgan fingerprint density at radius 3 is 2.73 bits per heavy atom. The molecule has 0 bridgehead atoms. The van der Waals surface area contributed by atoms with E-state index in [1.807, 2.05) is 0 Å². The van der Waals surface area contributed by atoms with Crippen LogP contribution in [0.5, 0.6) is 5.75 Å². The lowest BCUT2D eigenvalue weighted by Gasteiger charge is -2.13. The molecule has 0 aliphatic rings. The third kappa shape index (κ3) is 2.44. The molecule has 0 aromatic heterocycles. The Hall–Kier alpha value is -1.62. The van der Waals surface area contributed by atoms with Gasteiger partial charge in [0, 0.05) is 11.6 Å². The maximum absolute atomic E-state index is 13.5. The lowest BCUT2D eigenvalue weighted by Crippen LogP contribution is -2.17. The number of nitrogens with two attached hydrogens (primary N) is 1. The molecule has 5 heteroatoms. The molecule has 0 aliphatic heterocycles. The van der Waals surface area contributed by atoms with Crippen LogP contribution >= 0.6 is 0 Å². The lowest BCUT2D eigenvalue weighted by molar-refractivity contribution is -0.137. The van der Waals surface area contributed by atoms with E-state index in [0.717, 1.165) is 0 Å². The van der Waals surface area contributed by atoms with Crippen LogP contribution in [-0.2, 0) is 4.79 Å². The predicted molar refractivity (Wildman–Crippen MR) is 52.0 cm³/mol. The molecule has 0 spiro atoms. The highest BCUT2D eigenvalue weighted by molar-refractivity contribution is 5.68. The average molecular weight is 213 g/mol. The summed E-state index contributed by atoms with van der Waals surface area (Å²) in [4.78, 5) is 10.4. The molecule has 4 nitrogen and oxygen atoms in total. The molecular formula is C10H12FNO3. The largest absolute Gasteiger partial charge is 0.508 e. The predicted octanol–water partition coefficient (Wildman–Crippen LogP) is 1.31. The van der Waals surface area contributed by atoms with E-state index < -0.39 is 24.2 Å². The van der Waals surface area contributed by atoms with Crippen LogP contribution in [0.2, 0.25) is 0 Å². The molecule has 0 radical (unpaired) electrons. The zero-order chi connectivity index (χ0) is 11.6. The van der Waals surface area contributed by atoms with Gasteiger partial charge in [0.2, 0.25) is 0 Å². The van der Waals surface area contributed by atoms with Crippen LogP contribution < -0.4 is 5.73 Å². The van der Waals surface area contributed by atoms with Gasteiger partial charge in [0.15, 0.2) is 0 Å². The number of rotatable bonds is 3. The first-order valence-corrected chi connectivity index (χ1v) is 4.38. The van der Waals surface area contributed by atoms with Gasteiger partial charge in [-0.05, 0) is 18.6 Å². The average Bonchev–Trinajstić information content (AvgIpc) is 2.11. The first-order chi connectivity index (χ1) is 6.93. The van der Waals surface area contributed by atoms with E-state index in [9.17, 15) is 14.3 Å². The van der Waals surface area contributed by atoms with Crippen molar-refractivity contribution in [3.8, 4) is 5.75 Å². The fourth-order valence-electron chi connectivity index (χ4n) is 1.33. The van der Waals surface area contributed by atoms with Gasteiger partial charge >= 0.3 is 5.97 Å². The maximum Gasteiger partial charge on any atom is 0.305 e. The van der Waals surface area contributed by atoms with Gasteiger partial charge in [0.25, 0.3) is 0 Å². The van der Waals surface area contributed by atoms with Crippen molar-refractivity contribution in [2.75, 3.05) is 0 Å². The number of benzene rings is 1. The Bertz CT molecular complexity index is 392. The van der Waals surface area contributed by atoms with Crippen molar-refractivity contribution >= 4 is 5.97 Å². The first kappa shape index (κ1) is 11.5. The first-order valence-electron chi connectivity index (χ1n) is 4.38. The lowest BCUT2D eigenvalue weighted by atomic mass is 10.0. The van der Waals surface area contributed by atoms with E-state index >= 15 is 0 Å². The summed E-state index contributed by atoms with van der Waals surface area (Å²) < 4.78 is 13.5. The summed E-state index contributed by atoms with van der Waals surface area (Å²) in [6.45, 7) is 1.52. The Balaban J connectivity index is 3.12. The van der Waals surface area contributed by atoms with Gasteiger partial charge in [0.05, 0.1) is 6.42 Å². The van der Waals surface area contributed by atoms with Crippen LogP contribution in [0.3, 0.4) is 0 Å². The third-order valence-electron chi connectivity index (χ3n) is 2.12. The van der Waals surface area contributed by atoms with E-state index in [0.29, 0.717) is 5.56 Å². The Morgan fingerprint density at radius 1 is 1.60 bits per heavy atom. The summed E-state index contributed by atoms with van der Waals surface area (Å²) in [7, 11) is 0. The van der Waals surface area contributed by atoms with Gasteiger partial charge in [0.1, 0.15) is 11.6 Å². The van der Waals surface area contributed by atoms with Gasteiger partial charge in [-0.2, -0.15) is 0 Å². The smallest absolute Gasteiger partial charge is 0.305 e. The van der Waals surface area contributed by atoms with Crippen LogP contribution in [-0.4, -0.2) is 16.2 Å². The number of phenolic OH excluding ortho intramolecular Hbond substituents is 1. The fraction of sp³-hybridized carbons (Fsp3) is 0.300. The minimum Gasteiger partial charge on any atom is -0.508 e. The number of aliphatic carboxylic acids is 1. The quantitative estimate of drug-likeness (QED) is 0.706. The molecule has 82 valence electrons. The molecule has 1 atom stereocenters. The second kappa shape index (κ2) is 4.27. The molecule has 0 aliphatic carbocycles. The number of carboxylic acids is 1. The highest BCUT2D eigenvalue weighted by Crippen LogP contribution is 2.29. The number of aromatic hydroxyl groups is 1. The van der Waals surface area contributed by atoms with Crippen molar-refractivity contribution in [3.05, 3.63) is 29.1 Å². The summed E-state index contributed by atoms with van der Waals surface area (Å²) in [5, 5.41) is 17.9. The number of aryl methyl sites for hydroxylation is 1. The minimum atomic E-state index is -1.14. The van der Waals surface area contributed by atoms with Crippen LogP contribution in [0.4, 0.5) is 4.39 Å². The fourth-order valence-corrected chi connectivity index (χ4v) is 1.33. The zero-order valence-electron chi connectivity index (χ0n) is 8.20. The second-order valence-corrected chi connectivity index (χ2v) is 3.33. The summed E-state index contributed by atoms with van der Waals surface area (Å²) in [5.41, 5.74) is 5.67. The normalized spacial score (nSPS) is 12.5. The third-order valence-corrected chi connectivity index (χ3v) is 2.12. The molecule has 0 saturated carbocycles. The Kier molecular flexibility index (Phi) is 3.26. The maximum atomic E-state index is 13.5. The molecule has 0 saturated heterocycles. The van der Waals surface area contributed by atoms with Crippen LogP contribution in [0.25, 0.3) is 0 Å². The summed E-state index contributed by atoms with van der Waals surface area (Å²) in [5.74, 6) is -2.10. The van der Waals surface area contributed by atoms with Gasteiger partial charge in [-0.3, -0.25) is 4.79 Å².